The molecule has 1 unspecified atom stereocenters. The number of hydrogen-bond donors (Lipinski definition) is 1. The number of nitrogens with zero attached hydrogens (tertiary/aromatic N) is 2. The van der Waals surface area contributed by atoms with Gasteiger partial charge in [-0.2, -0.15) is 0 Å². The van der Waals surface area contributed by atoms with E-state index in [0.29, 0.717) is 25.5 Å². The van der Waals surface area contributed by atoms with Gasteiger partial charge in [0.2, 0.25) is 5.76 Å². The number of carbonyl (C=O) groups excluding carboxylic acids is 1. The molecule has 1 aromatic heterocycles. The molecule has 1 aromatic carbocycles. The Morgan fingerprint density at radius 1 is 1.38 bits per heavy atom. The molecular weight excluding hydrogens is 272 g/mol. The van der Waals surface area contributed by atoms with E-state index in [0.717, 1.165) is 5.56 Å². The fourth-order valence-electron chi connectivity index (χ4n) is 2.34. The maximum atomic E-state index is 12.4. The molecular formula is C15H16N2O4. The summed E-state index contributed by atoms with van der Waals surface area (Å²) in [6, 6.07) is 10.8. The summed E-state index contributed by atoms with van der Waals surface area (Å²) in [5.74, 6) is -0.0961. The van der Waals surface area contributed by atoms with Crippen molar-refractivity contribution in [2.24, 2.45) is 0 Å². The number of aromatic nitrogens is 1. The molecule has 1 atom stereocenters. The van der Waals surface area contributed by atoms with Gasteiger partial charge in [-0.1, -0.05) is 35.5 Å². The summed E-state index contributed by atoms with van der Waals surface area (Å²) in [4.78, 5) is 14.0. The average molecular weight is 288 g/mol. The van der Waals surface area contributed by atoms with Crippen molar-refractivity contribution in [3.8, 4) is 11.3 Å². The largest absolute Gasteiger partial charge is 0.394 e. The van der Waals surface area contributed by atoms with Crippen LogP contribution in [0.1, 0.15) is 10.6 Å². The van der Waals surface area contributed by atoms with E-state index >= 15 is 0 Å². The summed E-state index contributed by atoms with van der Waals surface area (Å²) >= 11 is 0. The van der Waals surface area contributed by atoms with Gasteiger partial charge < -0.3 is 19.3 Å². The second-order valence-corrected chi connectivity index (χ2v) is 4.85. The molecule has 0 radical (unpaired) electrons. The van der Waals surface area contributed by atoms with E-state index in [2.05, 4.69) is 5.16 Å². The average Bonchev–Trinajstić information content (AvgIpc) is 3.05. The summed E-state index contributed by atoms with van der Waals surface area (Å²) < 4.78 is 10.4. The second-order valence-electron chi connectivity index (χ2n) is 4.85. The van der Waals surface area contributed by atoms with Crippen LogP contribution in [0.4, 0.5) is 0 Å². The van der Waals surface area contributed by atoms with Crippen molar-refractivity contribution in [2.45, 2.75) is 6.04 Å². The quantitative estimate of drug-likeness (QED) is 0.917. The lowest BCUT2D eigenvalue weighted by Crippen LogP contribution is -2.50. The highest BCUT2D eigenvalue weighted by Crippen LogP contribution is 2.20. The van der Waals surface area contributed by atoms with E-state index in [1.165, 1.54) is 0 Å². The first kappa shape index (κ1) is 13.8. The van der Waals surface area contributed by atoms with Crippen LogP contribution in [-0.2, 0) is 4.74 Å². The molecule has 1 fully saturated rings. The van der Waals surface area contributed by atoms with Crippen molar-refractivity contribution in [1.82, 2.24) is 10.1 Å². The van der Waals surface area contributed by atoms with Crippen molar-refractivity contribution >= 4 is 5.91 Å². The second kappa shape index (κ2) is 6.07. The number of rotatable bonds is 3. The summed E-state index contributed by atoms with van der Waals surface area (Å²) in [6.45, 7) is 1.10. The van der Waals surface area contributed by atoms with Crippen LogP contribution in [-0.4, -0.2) is 53.5 Å². The Kier molecular flexibility index (Phi) is 3.98. The first-order valence-corrected chi connectivity index (χ1v) is 6.81. The lowest BCUT2D eigenvalue weighted by molar-refractivity contribution is -0.0199. The third-order valence-corrected chi connectivity index (χ3v) is 3.49. The van der Waals surface area contributed by atoms with Crippen molar-refractivity contribution in [2.75, 3.05) is 26.4 Å². The summed E-state index contributed by atoms with van der Waals surface area (Å²) in [7, 11) is 0. The lowest BCUT2D eigenvalue weighted by atomic mass is 10.1. The Labute approximate surface area is 121 Å². The zero-order valence-corrected chi connectivity index (χ0v) is 11.4. The topological polar surface area (TPSA) is 75.8 Å². The number of benzene rings is 1. The Morgan fingerprint density at radius 3 is 2.95 bits per heavy atom. The van der Waals surface area contributed by atoms with E-state index in [1.54, 1.807) is 11.0 Å². The minimum atomic E-state index is -0.337. The maximum absolute atomic E-state index is 12.4. The smallest absolute Gasteiger partial charge is 0.292 e. The maximum Gasteiger partial charge on any atom is 0.292 e. The van der Waals surface area contributed by atoms with E-state index in [-0.39, 0.29) is 24.3 Å². The molecule has 6 nitrogen and oxygen atoms in total. The van der Waals surface area contributed by atoms with Crippen molar-refractivity contribution in [3.05, 3.63) is 42.2 Å². The first-order chi connectivity index (χ1) is 10.3. The van der Waals surface area contributed by atoms with E-state index < -0.39 is 0 Å². The van der Waals surface area contributed by atoms with Crippen LogP contribution in [0.25, 0.3) is 11.3 Å². The Hall–Kier alpha value is -2.18. The van der Waals surface area contributed by atoms with Crippen molar-refractivity contribution in [1.29, 1.82) is 0 Å². The number of aliphatic hydroxyl groups excluding tert-OH is 1. The fraction of sp³-hybridized carbons (Fsp3) is 0.333. The highest BCUT2D eigenvalue weighted by molar-refractivity contribution is 5.92. The van der Waals surface area contributed by atoms with E-state index in [9.17, 15) is 9.90 Å². The standard InChI is InChI=1S/C15H16N2O4/c18-9-12-10-20-7-6-17(12)15(19)14-8-13(16-21-14)11-4-2-1-3-5-11/h1-5,8,12,18H,6-7,9-10H2. The Bertz CT molecular complexity index is 611. The van der Waals surface area contributed by atoms with Gasteiger partial charge in [0, 0.05) is 18.2 Å². The number of ether oxygens (including phenoxy) is 1. The molecule has 1 N–H and O–H groups in total. The normalized spacial score (nSPS) is 18.7. The molecule has 1 saturated heterocycles. The molecule has 21 heavy (non-hydrogen) atoms. The summed E-state index contributed by atoms with van der Waals surface area (Å²) in [5, 5.41) is 13.3. The summed E-state index contributed by atoms with van der Waals surface area (Å²) in [6.07, 6.45) is 0. The zero-order chi connectivity index (χ0) is 14.7. The predicted octanol–water partition coefficient (Wildman–Crippen LogP) is 1.17. The highest BCUT2D eigenvalue weighted by atomic mass is 16.5. The number of morpholine rings is 1. The predicted molar refractivity (Wildman–Crippen MR) is 74.7 cm³/mol. The molecule has 0 bridgehead atoms. The van der Waals surface area contributed by atoms with Gasteiger partial charge in [0.1, 0.15) is 5.69 Å². The van der Waals surface area contributed by atoms with Gasteiger partial charge in [0.25, 0.3) is 5.91 Å². The van der Waals surface area contributed by atoms with E-state index in [1.807, 2.05) is 30.3 Å². The molecule has 2 aromatic rings. The lowest BCUT2D eigenvalue weighted by Gasteiger charge is -2.33. The molecule has 1 aliphatic rings. The minimum absolute atomic E-state index is 0.134. The zero-order valence-electron chi connectivity index (χ0n) is 11.4. The van der Waals surface area contributed by atoms with Crippen LogP contribution < -0.4 is 0 Å². The van der Waals surface area contributed by atoms with Gasteiger partial charge in [0.15, 0.2) is 0 Å². The van der Waals surface area contributed by atoms with Crippen LogP contribution in [0.3, 0.4) is 0 Å². The Balaban J connectivity index is 1.81. The van der Waals surface area contributed by atoms with Crippen LogP contribution in [0.2, 0.25) is 0 Å². The van der Waals surface area contributed by atoms with Gasteiger partial charge >= 0.3 is 0 Å². The Morgan fingerprint density at radius 2 is 2.19 bits per heavy atom. The number of hydrogen-bond acceptors (Lipinski definition) is 5. The summed E-state index contributed by atoms with van der Waals surface area (Å²) in [5.41, 5.74) is 1.51. The van der Waals surface area contributed by atoms with Gasteiger partial charge in [-0.05, 0) is 0 Å². The molecule has 1 amide bonds. The van der Waals surface area contributed by atoms with Crippen molar-refractivity contribution in [3.63, 3.8) is 0 Å². The van der Waals surface area contributed by atoms with Gasteiger partial charge in [-0.3, -0.25) is 4.79 Å². The molecule has 0 saturated carbocycles. The van der Waals surface area contributed by atoms with Gasteiger partial charge in [-0.15, -0.1) is 0 Å². The number of carbonyl (C=O) groups is 1. The van der Waals surface area contributed by atoms with Crippen molar-refractivity contribution < 1.29 is 19.2 Å². The third-order valence-electron chi connectivity index (χ3n) is 3.49. The first-order valence-electron chi connectivity index (χ1n) is 6.81. The van der Waals surface area contributed by atoms with Crippen LogP contribution >= 0.6 is 0 Å². The van der Waals surface area contributed by atoms with Crippen LogP contribution in [0.5, 0.6) is 0 Å². The number of aliphatic hydroxyl groups is 1. The van der Waals surface area contributed by atoms with Gasteiger partial charge in [-0.25, -0.2) is 0 Å². The molecule has 110 valence electrons. The fourth-order valence-corrected chi connectivity index (χ4v) is 2.34. The molecule has 1 aliphatic heterocycles. The van der Waals surface area contributed by atoms with Gasteiger partial charge in [0.05, 0.1) is 25.9 Å². The SMILES string of the molecule is O=C(c1cc(-c2ccccc2)no1)N1CCOCC1CO. The van der Waals surface area contributed by atoms with Crippen LogP contribution in [0, 0.1) is 0 Å². The molecule has 0 spiro atoms. The van der Waals surface area contributed by atoms with Crippen LogP contribution in [0.15, 0.2) is 40.9 Å². The minimum Gasteiger partial charge on any atom is -0.394 e. The molecule has 0 aliphatic carbocycles. The molecule has 2 heterocycles. The molecule has 3 rings (SSSR count). The number of amides is 1. The highest BCUT2D eigenvalue weighted by Gasteiger charge is 2.29. The third kappa shape index (κ3) is 2.81. The molecule has 6 heteroatoms. The monoisotopic (exact) mass is 288 g/mol. The van der Waals surface area contributed by atoms with E-state index in [4.69, 9.17) is 9.26 Å².